The van der Waals surface area contributed by atoms with Crippen molar-refractivity contribution < 1.29 is 28.7 Å². The largest absolute Gasteiger partial charge is 0.496 e. The summed E-state index contributed by atoms with van der Waals surface area (Å²) in [6.07, 6.45) is 1.97. The van der Waals surface area contributed by atoms with E-state index >= 15 is 4.79 Å². The molecule has 1 fully saturated rings. The maximum atomic E-state index is 15.1. The lowest BCUT2D eigenvalue weighted by molar-refractivity contribution is -0.193. The maximum absolute atomic E-state index is 15.1. The molecule has 1 unspecified atom stereocenters. The second-order valence-corrected chi connectivity index (χ2v) is 16.0. The molecule has 9 nitrogen and oxygen atoms in total. The normalized spacial score (nSPS) is 20.5. The molecular weight excluding hydrogens is 627 g/mol. The number of esters is 1. The van der Waals surface area contributed by atoms with Gasteiger partial charge in [-0.15, -0.1) is 11.3 Å². The van der Waals surface area contributed by atoms with Crippen molar-refractivity contribution in [2.24, 2.45) is 11.8 Å². The van der Waals surface area contributed by atoms with Crippen LogP contribution in [0.2, 0.25) is 0 Å². The molecule has 0 bridgehead atoms. The van der Waals surface area contributed by atoms with Crippen LogP contribution in [-0.4, -0.2) is 58.1 Å². The van der Waals surface area contributed by atoms with Crippen molar-refractivity contribution in [3.05, 3.63) is 81.8 Å². The highest BCUT2D eigenvalue weighted by molar-refractivity contribution is 7.09. The van der Waals surface area contributed by atoms with Crippen LogP contribution in [0.15, 0.2) is 60.1 Å². The van der Waals surface area contributed by atoms with Gasteiger partial charge in [-0.2, -0.15) is 0 Å². The van der Waals surface area contributed by atoms with E-state index in [-0.39, 0.29) is 30.1 Å². The molecule has 3 aromatic rings. The number of methoxy groups -OCH3 is 1. The summed E-state index contributed by atoms with van der Waals surface area (Å²) in [6.45, 7) is 17.6. The van der Waals surface area contributed by atoms with Crippen LogP contribution < -0.4 is 4.74 Å². The number of hydrogen-bond acceptors (Lipinski definition) is 8. The van der Waals surface area contributed by atoms with E-state index in [1.165, 1.54) is 23.5 Å². The van der Waals surface area contributed by atoms with Crippen molar-refractivity contribution in [1.82, 2.24) is 14.9 Å². The number of amides is 2. The zero-order valence-electron chi connectivity index (χ0n) is 30.2. The van der Waals surface area contributed by atoms with Gasteiger partial charge in [0.05, 0.1) is 32.2 Å². The number of hydrogen-bond donors (Lipinski definition) is 0. The summed E-state index contributed by atoms with van der Waals surface area (Å²) in [7, 11) is 3.05. The van der Waals surface area contributed by atoms with Crippen LogP contribution in [0, 0.1) is 11.8 Å². The predicted octanol–water partition coefficient (Wildman–Crippen LogP) is 7.93. The molecule has 4 atom stereocenters. The average Bonchev–Trinajstić information content (AvgIpc) is 3.66. The minimum atomic E-state index is -1.49. The Morgan fingerprint density at radius 3 is 2.21 bits per heavy atom. The van der Waals surface area contributed by atoms with Gasteiger partial charge in [0.1, 0.15) is 21.9 Å². The van der Waals surface area contributed by atoms with Crippen molar-refractivity contribution in [3.8, 4) is 5.75 Å². The highest BCUT2D eigenvalue weighted by Crippen LogP contribution is 2.53. The van der Waals surface area contributed by atoms with Gasteiger partial charge in [-0.1, -0.05) is 71.0 Å². The molecule has 0 radical (unpaired) electrons. The van der Waals surface area contributed by atoms with Gasteiger partial charge in [-0.3, -0.25) is 14.4 Å². The number of rotatable bonds is 10. The minimum Gasteiger partial charge on any atom is -0.496 e. The Balaban J connectivity index is 1.96. The Morgan fingerprint density at radius 1 is 1.02 bits per heavy atom. The maximum Gasteiger partial charge on any atom is 0.332 e. The van der Waals surface area contributed by atoms with Gasteiger partial charge in [-0.05, 0) is 75.1 Å². The zero-order chi connectivity index (χ0) is 35.6. The average molecular weight is 678 g/mol. The summed E-state index contributed by atoms with van der Waals surface area (Å²) >= 11 is 1.35. The van der Waals surface area contributed by atoms with E-state index in [2.05, 4.69) is 25.8 Å². The van der Waals surface area contributed by atoms with Gasteiger partial charge in [-0.25, -0.2) is 14.8 Å². The van der Waals surface area contributed by atoms with Crippen molar-refractivity contribution in [2.45, 2.75) is 104 Å². The number of hydroxylamine groups is 2. The van der Waals surface area contributed by atoms with Gasteiger partial charge in [0.15, 0.2) is 0 Å². The van der Waals surface area contributed by atoms with Crippen LogP contribution in [-0.2, 0) is 24.6 Å². The van der Waals surface area contributed by atoms with E-state index in [0.29, 0.717) is 16.3 Å². The molecule has 2 amide bonds. The number of likely N-dealkylation sites (tertiary alicyclic amines) is 1. The van der Waals surface area contributed by atoms with E-state index < -0.39 is 41.0 Å². The molecule has 1 saturated heterocycles. The number of aromatic nitrogens is 1. The fraction of sp³-hybridized carbons (Fsp3) is 0.526. The van der Waals surface area contributed by atoms with Crippen molar-refractivity contribution >= 4 is 29.1 Å². The molecule has 260 valence electrons. The first-order chi connectivity index (χ1) is 22.4. The van der Waals surface area contributed by atoms with Crippen molar-refractivity contribution in [2.75, 3.05) is 14.2 Å². The molecular formula is C38H51N3O6S. The smallest absolute Gasteiger partial charge is 0.332 e. The second-order valence-electron chi connectivity index (χ2n) is 15.0. The molecule has 0 saturated carbocycles. The van der Waals surface area contributed by atoms with E-state index in [1.54, 1.807) is 51.1 Å². The summed E-state index contributed by atoms with van der Waals surface area (Å²) in [5.74, 6) is -1.63. The number of ether oxygens (including phenoxy) is 2. The second kappa shape index (κ2) is 14.4. The summed E-state index contributed by atoms with van der Waals surface area (Å²) in [5.41, 5.74) is -0.395. The highest BCUT2D eigenvalue weighted by atomic mass is 32.1. The molecule has 4 rings (SSSR count). The molecule has 2 aromatic carbocycles. The third-order valence-corrected chi connectivity index (χ3v) is 9.59. The molecule has 1 aliphatic heterocycles. The zero-order valence-corrected chi connectivity index (χ0v) is 31.0. The van der Waals surface area contributed by atoms with E-state index in [9.17, 15) is 9.59 Å². The van der Waals surface area contributed by atoms with Gasteiger partial charge < -0.3 is 14.4 Å². The fourth-order valence-electron chi connectivity index (χ4n) is 6.77. The molecule has 0 spiro atoms. The van der Waals surface area contributed by atoms with Crippen molar-refractivity contribution in [1.29, 1.82) is 0 Å². The SMILES string of the molecule is COc1cc(C(=O)N2[C@@H](c3nccs3)[C@@H](C(=O)N(OC)C(C)c3ccccc3)C[C@@]2(CC(C)C)C(=O)OC(C)(C)C)ccc1C(C)(C)C. The van der Waals surface area contributed by atoms with Crippen LogP contribution in [0.1, 0.15) is 114 Å². The van der Waals surface area contributed by atoms with Crippen LogP contribution in [0.3, 0.4) is 0 Å². The monoisotopic (exact) mass is 677 g/mol. The first kappa shape index (κ1) is 37.1. The number of carbonyl (C=O) groups is 3. The quantitative estimate of drug-likeness (QED) is 0.159. The van der Waals surface area contributed by atoms with Crippen LogP contribution >= 0.6 is 11.3 Å². The number of carbonyl (C=O) groups excluding carboxylic acids is 3. The van der Waals surface area contributed by atoms with E-state index in [4.69, 9.17) is 14.3 Å². The van der Waals surface area contributed by atoms with Gasteiger partial charge in [0, 0.05) is 17.1 Å². The summed E-state index contributed by atoms with van der Waals surface area (Å²) in [6, 6.07) is 13.7. The topological polar surface area (TPSA) is 98.3 Å². The molecule has 0 N–H and O–H groups in total. The summed E-state index contributed by atoms with van der Waals surface area (Å²) < 4.78 is 11.9. The summed E-state index contributed by atoms with van der Waals surface area (Å²) in [4.78, 5) is 56.6. The van der Waals surface area contributed by atoms with Crippen LogP contribution in [0.5, 0.6) is 5.75 Å². The lowest BCUT2D eigenvalue weighted by atomic mass is 9.82. The molecule has 2 heterocycles. The van der Waals surface area contributed by atoms with Gasteiger partial charge in [0.25, 0.3) is 11.8 Å². The van der Waals surface area contributed by atoms with Crippen LogP contribution in [0.4, 0.5) is 0 Å². The van der Waals surface area contributed by atoms with Gasteiger partial charge >= 0.3 is 5.97 Å². The molecule has 48 heavy (non-hydrogen) atoms. The lowest BCUT2D eigenvalue weighted by Crippen LogP contribution is -2.56. The Hall–Kier alpha value is -3.76. The standard InChI is InChI=1S/C38H51N3O6S/c1-24(2)22-38(35(44)47-37(7,8)9)23-28(34(43)41(46-11)25(3)26-15-13-12-14-16-26)31(32-39-19-20-48-32)40(38)33(42)27-17-18-29(36(4,5)6)30(21-27)45-10/h12-21,24-25,28,31H,22-23H2,1-11H3/t25?,28-,31+,38-/m0/s1. The number of thiazole rings is 1. The summed E-state index contributed by atoms with van der Waals surface area (Å²) in [5, 5.41) is 3.72. The van der Waals surface area contributed by atoms with Crippen molar-refractivity contribution in [3.63, 3.8) is 0 Å². The third kappa shape index (κ3) is 7.60. The van der Waals surface area contributed by atoms with E-state index in [0.717, 1.165) is 11.1 Å². The number of nitrogens with zero attached hydrogens (tertiary/aromatic N) is 3. The first-order valence-corrected chi connectivity index (χ1v) is 17.4. The Kier molecular flexibility index (Phi) is 11.1. The molecule has 10 heteroatoms. The fourth-order valence-corrected chi connectivity index (χ4v) is 7.57. The van der Waals surface area contributed by atoms with Gasteiger partial charge in [0.2, 0.25) is 0 Å². The highest BCUT2D eigenvalue weighted by Gasteiger charge is 2.63. The molecule has 1 aromatic heterocycles. The Labute approximate surface area is 289 Å². The third-order valence-electron chi connectivity index (χ3n) is 8.75. The number of benzene rings is 2. The lowest BCUT2D eigenvalue weighted by Gasteiger charge is -2.41. The van der Waals surface area contributed by atoms with E-state index in [1.807, 2.05) is 62.5 Å². The molecule has 1 aliphatic rings. The first-order valence-electron chi connectivity index (χ1n) is 16.5. The Bertz CT molecular complexity index is 1580. The minimum absolute atomic E-state index is 0.0295. The molecule has 0 aliphatic carbocycles. The van der Waals surface area contributed by atoms with Crippen LogP contribution in [0.25, 0.3) is 0 Å². The Morgan fingerprint density at radius 2 is 1.69 bits per heavy atom. The predicted molar refractivity (Wildman–Crippen MR) is 188 cm³/mol.